The first-order valence-corrected chi connectivity index (χ1v) is 6.17. The number of aliphatic hydroxyl groups excluding tert-OH is 1. The molecule has 88 valence electrons. The van der Waals surface area contributed by atoms with Crippen LogP contribution in [0.25, 0.3) is 0 Å². The van der Waals surface area contributed by atoms with E-state index in [2.05, 4.69) is 40.7 Å². The van der Waals surface area contributed by atoms with Crippen molar-refractivity contribution in [3.05, 3.63) is 11.6 Å². The molecule has 0 aromatic heterocycles. The summed E-state index contributed by atoms with van der Waals surface area (Å²) in [6, 6.07) is 0. The average Bonchev–Trinajstić information content (AvgIpc) is 2.43. The third-order valence-electron chi connectivity index (χ3n) is 4.66. The molecule has 0 aromatic rings. The topological polar surface area (TPSA) is 20.2 Å². The maximum absolute atomic E-state index is 9.15. The number of allylic oxidation sites excluding steroid dienone is 2. The Kier molecular flexibility index (Phi) is 3.99. The van der Waals surface area contributed by atoms with Crippen molar-refractivity contribution >= 4 is 0 Å². The van der Waals surface area contributed by atoms with E-state index in [-0.39, 0.29) is 0 Å². The molecule has 0 fully saturated rings. The monoisotopic (exact) mass is 210 g/mol. The van der Waals surface area contributed by atoms with Crippen LogP contribution in [0.15, 0.2) is 11.6 Å². The van der Waals surface area contributed by atoms with Gasteiger partial charge in [0.1, 0.15) is 0 Å². The minimum Gasteiger partial charge on any atom is -0.396 e. The summed E-state index contributed by atoms with van der Waals surface area (Å²) in [5.41, 5.74) is 1.90. The van der Waals surface area contributed by atoms with Crippen LogP contribution in [0.2, 0.25) is 0 Å². The lowest BCUT2D eigenvalue weighted by atomic mass is 9.72. The van der Waals surface area contributed by atoms with Crippen molar-refractivity contribution in [3.8, 4) is 0 Å². The second-order valence-electron chi connectivity index (χ2n) is 5.91. The molecule has 0 bridgehead atoms. The second-order valence-corrected chi connectivity index (χ2v) is 5.91. The highest BCUT2D eigenvalue weighted by molar-refractivity contribution is 5.18. The Balaban J connectivity index is 2.55. The fourth-order valence-electron chi connectivity index (χ4n) is 2.45. The molecule has 1 nitrogen and oxygen atoms in total. The molecule has 3 atom stereocenters. The zero-order valence-electron chi connectivity index (χ0n) is 10.9. The SMILES string of the molecule is CC1=CCC(CC(C)C(C)CO)C1(C)C. The van der Waals surface area contributed by atoms with Crippen LogP contribution < -0.4 is 0 Å². The van der Waals surface area contributed by atoms with Crippen LogP contribution in [0.3, 0.4) is 0 Å². The van der Waals surface area contributed by atoms with Gasteiger partial charge < -0.3 is 5.11 Å². The Hall–Kier alpha value is -0.300. The van der Waals surface area contributed by atoms with Crippen LogP contribution in [0.4, 0.5) is 0 Å². The molecule has 0 saturated heterocycles. The first-order chi connectivity index (χ1) is 6.89. The summed E-state index contributed by atoms with van der Waals surface area (Å²) in [5.74, 6) is 1.82. The fraction of sp³-hybridized carbons (Fsp3) is 0.857. The Labute approximate surface area is 94.6 Å². The van der Waals surface area contributed by atoms with Crippen molar-refractivity contribution in [1.29, 1.82) is 0 Å². The molecular formula is C14H26O. The lowest BCUT2D eigenvalue weighted by molar-refractivity contribution is 0.156. The number of hydrogen-bond donors (Lipinski definition) is 1. The molecule has 0 saturated carbocycles. The summed E-state index contributed by atoms with van der Waals surface area (Å²) in [4.78, 5) is 0. The molecule has 3 unspecified atom stereocenters. The van der Waals surface area contributed by atoms with E-state index in [1.54, 1.807) is 0 Å². The molecule has 0 aromatic carbocycles. The van der Waals surface area contributed by atoms with E-state index in [4.69, 9.17) is 5.11 Å². The predicted octanol–water partition coefficient (Wildman–Crippen LogP) is 3.63. The molecule has 0 aliphatic heterocycles. The van der Waals surface area contributed by atoms with Crippen molar-refractivity contribution in [1.82, 2.24) is 0 Å². The van der Waals surface area contributed by atoms with E-state index < -0.39 is 0 Å². The van der Waals surface area contributed by atoms with E-state index in [1.165, 1.54) is 18.4 Å². The number of hydrogen-bond acceptors (Lipinski definition) is 1. The van der Waals surface area contributed by atoms with Gasteiger partial charge in [0.15, 0.2) is 0 Å². The standard InChI is InChI=1S/C14H26O/c1-10(11(2)9-15)8-13-7-6-12(3)14(13,4)5/h6,10-11,13,15H,7-9H2,1-5H3. The molecule has 0 radical (unpaired) electrons. The summed E-state index contributed by atoms with van der Waals surface area (Å²) in [5, 5.41) is 9.15. The lowest BCUT2D eigenvalue weighted by Crippen LogP contribution is -2.25. The van der Waals surface area contributed by atoms with E-state index in [0.717, 1.165) is 5.92 Å². The largest absolute Gasteiger partial charge is 0.396 e. The Morgan fingerprint density at radius 2 is 2.00 bits per heavy atom. The molecular weight excluding hydrogens is 184 g/mol. The van der Waals surface area contributed by atoms with Crippen molar-refractivity contribution in [2.75, 3.05) is 6.61 Å². The summed E-state index contributed by atoms with van der Waals surface area (Å²) in [7, 11) is 0. The van der Waals surface area contributed by atoms with Gasteiger partial charge in [-0.15, -0.1) is 0 Å². The van der Waals surface area contributed by atoms with E-state index in [1.807, 2.05) is 0 Å². The minimum atomic E-state index is 0.320. The van der Waals surface area contributed by atoms with Crippen molar-refractivity contribution in [3.63, 3.8) is 0 Å². The Morgan fingerprint density at radius 1 is 1.40 bits per heavy atom. The average molecular weight is 210 g/mol. The van der Waals surface area contributed by atoms with Crippen LogP contribution >= 0.6 is 0 Å². The van der Waals surface area contributed by atoms with Gasteiger partial charge in [-0.3, -0.25) is 0 Å². The van der Waals surface area contributed by atoms with Crippen LogP contribution in [0.5, 0.6) is 0 Å². The molecule has 1 rings (SSSR count). The Morgan fingerprint density at radius 3 is 2.40 bits per heavy atom. The van der Waals surface area contributed by atoms with Crippen molar-refractivity contribution in [2.24, 2.45) is 23.2 Å². The van der Waals surface area contributed by atoms with Gasteiger partial charge >= 0.3 is 0 Å². The van der Waals surface area contributed by atoms with Crippen LogP contribution in [-0.4, -0.2) is 11.7 Å². The zero-order chi connectivity index (χ0) is 11.6. The van der Waals surface area contributed by atoms with Gasteiger partial charge in [0.25, 0.3) is 0 Å². The van der Waals surface area contributed by atoms with Gasteiger partial charge in [0.2, 0.25) is 0 Å². The van der Waals surface area contributed by atoms with Crippen LogP contribution in [0, 0.1) is 23.2 Å². The summed E-state index contributed by atoms with van der Waals surface area (Å²) >= 11 is 0. The van der Waals surface area contributed by atoms with Crippen LogP contribution in [0.1, 0.15) is 47.5 Å². The van der Waals surface area contributed by atoms with Crippen LogP contribution in [-0.2, 0) is 0 Å². The highest BCUT2D eigenvalue weighted by Gasteiger charge is 2.35. The second kappa shape index (κ2) is 4.69. The summed E-state index contributed by atoms with van der Waals surface area (Å²) in [6.07, 6.45) is 4.85. The highest BCUT2D eigenvalue weighted by Crippen LogP contribution is 2.46. The number of aliphatic hydroxyl groups is 1. The zero-order valence-corrected chi connectivity index (χ0v) is 10.9. The lowest BCUT2D eigenvalue weighted by Gasteiger charge is -2.33. The van der Waals surface area contributed by atoms with Crippen molar-refractivity contribution < 1.29 is 5.11 Å². The minimum absolute atomic E-state index is 0.320. The van der Waals surface area contributed by atoms with Gasteiger partial charge in [-0.25, -0.2) is 0 Å². The smallest absolute Gasteiger partial charge is 0.0459 e. The Bertz CT molecular complexity index is 240. The summed E-state index contributed by atoms with van der Waals surface area (Å²) < 4.78 is 0. The maximum atomic E-state index is 9.15. The normalized spacial score (nSPS) is 28.7. The van der Waals surface area contributed by atoms with E-state index in [0.29, 0.717) is 23.9 Å². The number of rotatable bonds is 4. The summed E-state index contributed by atoms with van der Waals surface area (Å²) in [6.45, 7) is 11.7. The third-order valence-corrected chi connectivity index (χ3v) is 4.66. The van der Waals surface area contributed by atoms with Gasteiger partial charge in [-0.2, -0.15) is 0 Å². The quantitative estimate of drug-likeness (QED) is 0.702. The third kappa shape index (κ3) is 2.63. The highest BCUT2D eigenvalue weighted by atomic mass is 16.3. The molecule has 0 spiro atoms. The van der Waals surface area contributed by atoms with E-state index in [9.17, 15) is 0 Å². The molecule has 0 heterocycles. The molecule has 1 heteroatoms. The molecule has 15 heavy (non-hydrogen) atoms. The van der Waals surface area contributed by atoms with Gasteiger partial charge in [-0.05, 0) is 42.9 Å². The fourth-order valence-corrected chi connectivity index (χ4v) is 2.45. The van der Waals surface area contributed by atoms with E-state index >= 15 is 0 Å². The molecule has 1 N–H and O–H groups in total. The molecule has 0 amide bonds. The molecule has 1 aliphatic rings. The van der Waals surface area contributed by atoms with Gasteiger partial charge in [0.05, 0.1) is 0 Å². The molecule has 1 aliphatic carbocycles. The van der Waals surface area contributed by atoms with Gasteiger partial charge in [0, 0.05) is 6.61 Å². The van der Waals surface area contributed by atoms with Crippen molar-refractivity contribution in [2.45, 2.75) is 47.5 Å². The maximum Gasteiger partial charge on any atom is 0.0459 e. The predicted molar refractivity (Wildman–Crippen MR) is 65.7 cm³/mol. The first-order valence-electron chi connectivity index (χ1n) is 6.17. The van der Waals surface area contributed by atoms with Gasteiger partial charge in [-0.1, -0.05) is 39.3 Å². The first kappa shape index (κ1) is 12.8.